The first-order valence-electron chi connectivity index (χ1n) is 8.78. The molecule has 1 heterocycles. The highest BCUT2D eigenvalue weighted by Gasteiger charge is 2.18. The summed E-state index contributed by atoms with van der Waals surface area (Å²) in [6.07, 6.45) is 1.27. The van der Waals surface area contributed by atoms with E-state index in [0.717, 1.165) is 10.6 Å². The number of nitrogens with one attached hydrogen (secondary N) is 1. The Hall–Kier alpha value is -2.47. The first-order chi connectivity index (χ1) is 14.7. The van der Waals surface area contributed by atoms with Crippen LogP contribution in [-0.4, -0.2) is 36.5 Å². The molecule has 0 atom stereocenters. The molecule has 0 fully saturated rings. The number of halogens is 1. The molecular weight excluding hydrogens is 480 g/mol. The van der Waals surface area contributed by atoms with Gasteiger partial charge in [0.1, 0.15) is 9.90 Å². The monoisotopic (exact) mass is 496 g/mol. The summed E-state index contributed by atoms with van der Waals surface area (Å²) in [5.74, 6) is -0.222. The minimum atomic E-state index is -4.05. The lowest BCUT2D eigenvalue weighted by Gasteiger charge is -2.10. The predicted molar refractivity (Wildman–Crippen MR) is 122 cm³/mol. The van der Waals surface area contributed by atoms with Gasteiger partial charge in [-0.1, -0.05) is 52.4 Å². The second-order valence-electron chi connectivity index (χ2n) is 6.20. The fourth-order valence-electron chi connectivity index (χ4n) is 2.24. The molecule has 0 spiro atoms. The number of aromatic nitrogens is 2. The highest BCUT2D eigenvalue weighted by atomic mass is 35.5. The molecule has 3 rings (SSSR count). The first-order valence-corrected chi connectivity index (χ1v) is 12.4. The van der Waals surface area contributed by atoms with E-state index in [9.17, 15) is 13.2 Å². The maximum atomic E-state index is 12.6. The molecule has 0 saturated heterocycles. The minimum absolute atomic E-state index is 0.0215. The molecule has 0 bridgehead atoms. The molecule has 0 saturated carbocycles. The van der Waals surface area contributed by atoms with Crippen LogP contribution in [0.4, 0.5) is 0 Å². The Balaban J connectivity index is 1.67. The Morgan fingerprint density at radius 1 is 1.23 bits per heavy atom. The van der Waals surface area contributed by atoms with Gasteiger partial charge in [-0.05, 0) is 44.2 Å². The van der Waals surface area contributed by atoms with Crippen molar-refractivity contribution in [2.45, 2.75) is 23.1 Å². The average Bonchev–Trinajstić information content (AvgIpc) is 3.14. The summed E-state index contributed by atoms with van der Waals surface area (Å²) in [6, 6.07) is 10.7. The van der Waals surface area contributed by atoms with Crippen molar-refractivity contribution in [2.75, 3.05) is 5.75 Å². The van der Waals surface area contributed by atoms with Gasteiger partial charge in [0.05, 0.1) is 12.0 Å². The standard InChI is InChI=1S/C19H17ClN4O4S3/c1-12-3-6-16(7-4-12)31(26,27)28-17-8-5-15(20)9-14(17)10-21-23-18(25)11-29-19-24-22-13(2)30-19/h3-10H,11H2,1-2H3,(H,23,25)/b21-10-. The zero-order chi connectivity index (χ0) is 22.4. The molecule has 0 radical (unpaired) electrons. The van der Waals surface area contributed by atoms with Gasteiger partial charge in [0.25, 0.3) is 5.91 Å². The number of hydrazone groups is 1. The van der Waals surface area contributed by atoms with E-state index in [1.165, 1.54) is 59.6 Å². The lowest BCUT2D eigenvalue weighted by molar-refractivity contribution is -0.118. The van der Waals surface area contributed by atoms with Crippen LogP contribution in [0.25, 0.3) is 0 Å². The van der Waals surface area contributed by atoms with Crippen LogP contribution < -0.4 is 9.61 Å². The molecule has 3 aromatic rings. The van der Waals surface area contributed by atoms with Gasteiger partial charge in [-0.2, -0.15) is 13.5 Å². The second-order valence-corrected chi connectivity index (χ2v) is 10.6. The van der Waals surface area contributed by atoms with Gasteiger partial charge < -0.3 is 4.18 Å². The molecule has 0 aliphatic rings. The fraction of sp³-hybridized carbons (Fsp3) is 0.158. The van der Waals surface area contributed by atoms with Crippen LogP contribution in [0, 0.1) is 13.8 Å². The number of carbonyl (C=O) groups is 1. The lowest BCUT2D eigenvalue weighted by atomic mass is 10.2. The number of amides is 1. The summed E-state index contributed by atoms with van der Waals surface area (Å²) in [4.78, 5) is 12.0. The summed E-state index contributed by atoms with van der Waals surface area (Å²) in [6.45, 7) is 3.68. The Morgan fingerprint density at radius 3 is 2.65 bits per heavy atom. The third-order valence-electron chi connectivity index (χ3n) is 3.71. The smallest absolute Gasteiger partial charge is 0.339 e. The van der Waals surface area contributed by atoms with Crippen molar-refractivity contribution in [1.29, 1.82) is 0 Å². The lowest BCUT2D eigenvalue weighted by Crippen LogP contribution is -2.19. The third kappa shape index (κ3) is 6.76. The van der Waals surface area contributed by atoms with Crippen LogP contribution in [0.2, 0.25) is 5.02 Å². The fourth-order valence-corrected chi connectivity index (χ4v) is 4.98. The molecule has 8 nitrogen and oxygen atoms in total. The molecule has 31 heavy (non-hydrogen) atoms. The molecular formula is C19H17ClN4O4S3. The van der Waals surface area contributed by atoms with Crippen molar-refractivity contribution < 1.29 is 17.4 Å². The molecule has 1 amide bonds. The maximum Gasteiger partial charge on any atom is 0.339 e. The van der Waals surface area contributed by atoms with Crippen LogP contribution in [0.1, 0.15) is 16.1 Å². The number of carbonyl (C=O) groups excluding carboxylic acids is 1. The zero-order valence-corrected chi connectivity index (χ0v) is 19.6. The average molecular weight is 497 g/mol. The molecule has 12 heteroatoms. The second kappa shape index (κ2) is 10.2. The van der Waals surface area contributed by atoms with Crippen LogP contribution in [-0.2, 0) is 14.9 Å². The minimum Gasteiger partial charge on any atom is -0.378 e. The number of hydrogen-bond donors (Lipinski definition) is 1. The van der Waals surface area contributed by atoms with E-state index < -0.39 is 10.1 Å². The van der Waals surface area contributed by atoms with Crippen molar-refractivity contribution >= 4 is 56.9 Å². The van der Waals surface area contributed by atoms with Crippen molar-refractivity contribution in [3.05, 3.63) is 63.6 Å². The Morgan fingerprint density at radius 2 is 1.97 bits per heavy atom. The van der Waals surface area contributed by atoms with E-state index in [4.69, 9.17) is 15.8 Å². The molecule has 1 aromatic heterocycles. The van der Waals surface area contributed by atoms with Crippen LogP contribution in [0.5, 0.6) is 5.75 Å². The van der Waals surface area contributed by atoms with E-state index >= 15 is 0 Å². The molecule has 162 valence electrons. The van der Waals surface area contributed by atoms with Crippen LogP contribution >= 0.6 is 34.7 Å². The quantitative estimate of drug-likeness (QED) is 0.218. The first kappa shape index (κ1) is 23.2. The highest BCUT2D eigenvalue weighted by Crippen LogP contribution is 2.25. The van der Waals surface area contributed by atoms with E-state index in [2.05, 4.69) is 20.7 Å². The topological polar surface area (TPSA) is 111 Å². The molecule has 0 aliphatic heterocycles. The van der Waals surface area contributed by atoms with Crippen molar-refractivity contribution in [1.82, 2.24) is 15.6 Å². The molecule has 1 N–H and O–H groups in total. The van der Waals surface area contributed by atoms with Gasteiger partial charge in [0.2, 0.25) is 0 Å². The number of benzene rings is 2. The Bertz CT molecular complexity index is 1210. The van der Waals surface area contributed by atoms with Crippen molar-refractivity contribution in [2.24, 2.45) is 5.10 Å². The summed E-state index contributed by atoms with van der Waals surface area (Å²) in [5.41, 5.74) is 3.59. The van der Waals surface area contributed by atoms with Gasteiger partial charge in [-0.15, -0.1) is 10.2 Å². The largest absolute Gasteiger partial charge is 0.378 e. The molecule has 0 aliphatic carbocycles. The van der Waals surface area contributed by atoms with Gasteiger partial charge in [-0.25, -0.2) is 5.43 Å². The zero-order valence-electron chi connectivity index (χ0n) is 16.4. The number of rotatable bonds is 8. The third-order valence-corrected chi connectivity index (χ3v) is 7.16. The van der Waals surface area contributed by atoms with Gasteiger partial charge in [-0.3, -0.25) is 4.79 Å². The van der Waals surface area contributed by atoms with E-state index in [1.54, 1.807) is 12.1 Å². The number of hydrogen-bond acceptors (Lipinski definition) is 9. The summed E-state index contributed by atoms with van der Waals surface area (Å²) in [5, 5.41) is 12.8. The number of aryl methyl sites for hydroxylation is 2. The molecule has 2 aromatic carbocycles. The van der Waals surface area contributed by atoms with E-state index in [0.29, 0.717) is 9.36 Å². The van der Waals surface area contributed by atoms with Gasteiger partial charge in [0.15, 0.2) is 10.1 Å². The van der Waals surface area contributed by atoms with Gasteiger partial charge >= 0.3 is 10.1 Å². The normalized spacial score (nSPS) is 11.6. The summed E-state index contributed by atoms with van der Waals surface area (Å²) in [7, 11) is -4.05. The van der Waals surface area contributed by atoms with Gasteiger partial charge in [0, 0.05) is 10.6 Å². The van der Waals surface area contributed by atoms with Crippen molar-refractivity contribution in [3.63, 3.8) is 0 Å². The molecule has 0 unspecified atom stereocenters. The van der Waals surface area contributed by atoms with E-state index in [1.807, 2.05) is 13.8 Å². The highest BCUT2D eigenvalue weighted by molar-refractivity contribution is 8.01. The Kier molecular flexibility index (Phi) is 7.65. The number of thioether (sulfide) groups is 1. The SMILES string of the molecule is Cc1ccc(S(=O)(=O)Oc2ccc(Cl)cc2/C=N\NC(=O)CSc2nnc(C)s2)cc1. The number of nitrogens with zero attached hydrogens (tertiary/aromatic N) is 3. The maximum absolute atomic E-state index is 12.6. The Labute approximate surface area is 192 Å². The summed E-state index contributed by atoms with van der Waals surface area (Å²) < 4.78 is 31.1. The van der Waals surface area contributed by atoms with E-state index in [-0.39, 0.29) is 27.9 Å². The van der Waals surface area contributed by atoms with Crippen LogP contribution in [0.15, 0.2) is 56.8 Å². The predicted octanol–water partition coefficient (Wildman–Crippen LogP) is 3.82. The van der Waals surface area contributed by atoms with Crippen LogP contribution in [0.3, 0.4) is 0 Å². The van der Waals surface area contributed by atoms with Crippen molar-refractivity contribution in [3.8, 4) is 5.75 Å². The summed E-state index contributed by atoms with van der Waals surface area (Å²) >= 11 is 8.65.